The predicted octanol–water partition coefficient (Wildman–Crippen LogP) is 1.96. The van der Waals surface area contributed by atoms with Gasteiger partial charge in [-0.1, -0.05) is 11.6 Å². The summed E-state index contributed by atoms with van der Waals surface area (Å²) in [6.07, 6.45) is 0.854. The van der Waals surface area contributed by atoms with Crippen LogP contribution in [0.5, 0.6) is 0 Å². The van der Waals surface area contributed by atoms with Crippen molar-refractivity contribution in [1.82, 2.24) is 10.6 Å². The van der Waals surface area contributed by atoms with Crippen LogP contribution in [-0.2, 0) is 9.53 Å². The molecule has 2 heterocycles. The normalized spacial score (nSPS) is 25.1. The molecule has 2 N–H and O–H groups in total. The zero-order valence-electron chi connectivity index (χ0n) is 10.4. The molecule has 0 aliphatic carbocycles. The Morgan fingerprint density at radius 2 is 2.44 bits per heavy atom. The van der Waals surface area contributed by atoms with Crippen LogP contribution in [0, 0.1) is 0 Å². The van der Waals surface area contributed by atoms with Crippen molar-refractivity contribution in [1.29, 1.82) is 0 Å². The van der Waals surface area contributed by atoms with E-state index < -0.39 is 0 Å². The molecule has 1 saturated heterocycles. The molecule has 0 radical (unpaired) electrons. The minimum absolute atomic E-state index is 0.0154. The summed E-state index contributed by atoms with van der Waals surface area (Å²) in [4.78, 5) is 13.1. The first-order valence-corrected chi connectivity index (χ1v) is 7.11. The maximum atomic E-state index is 12.0. The SMILES string of the molecule is COC1CNC(C(=O)NC(C)c2ccc(Cl)s2)C1. The highest BCUT2D eigenvalue weighted by Crippen LogP contribution is 2.26. The van der Waals surface area contributed by atoms with Crippen molar-refractivity contribution in [2.45, 2.75) is 31.5 Å². The molecule has 0 saturated carbocycles. The summed E-state index contributed by atoms with van der Waals surface area (Å²) >= 11 is 7.37. The summed E-state index contributed by atoms with van der Waals surface area (Å²) < 4.78 is 5.97. The summed E-state index contributed by atoms with van der Waals surface area (Å²) in [6.45, 7) is 2.69. The van der Waals surface area contributed by atoms with Gasteiger partial charge in [0.2, 0.25) is 5.91 Å². The number of rotatable bonds is 4. The van der Waals surface area contributed by atoms with Gasteiger partial charge in [0.05, 0.1) is 22.5 Å². The Kier molecular flexibility index (Phi) is 4.61. The van der Waals surface area contributed by atoms with Crippen LogP contribution < -0.4 is 10.6 Å². The van der Waals surface area contributed by atoms with E-state index in [1.54, 1.807) is 7.11 Å². The first-order valence-electron chi connectivity index (χ1n) is 5.92. The molecule has 3 unspecified atom stereocenters. The Hall–Kier alpha value is -0.620. The fourth-order valence-corrected chi connectivity index (χ4v) is 3.09. The monoisotopic (exact) mass is 288 g/mol. The number of methoxy groups -OCH3 is 1. The molecule has 1 aromatic rings. The van der Waals surface area contributed by atoms with Crippen molar-refractivity contribution in [2.24, 2.45) is 0 Å². The highest BCUT2D eigenvalue weighted by Gasteiger charge is 2.30. The maximum Gasteiger partial charge on any atom is 0.237 e. The predicted molar refractivity (Wildman–Crippen MR) is 73.1 cm³/mol. The van der Waals surface area contributed by atoms with Gasteiger partial charge in [0.15, 0.2) is 0 Å². The number of thiophene rings is 1. The Morgan fingerprint density at radius 3 is 3.00 bits per heavy atom. The number of hydrogen-bond acceptors (Lipinski definition) is 4. The molecule has 4 nitrogen and oxygen atoms in total. The van der Waals surface area contributed by atoms with Gasteiger partial charge in [0.25, 0.3) is 0 Å². The van der Waals surface area contributed by atoms with Gasteiger partial charge in [-0.3, -0.25) is 4.79 Å². The second-order valence-electron chi connectivity index (χ2n) is 4.43. The lowest BCUT2D eigenvalue weighted by molar-refractivity contribution is -0.123. The zero-order chi connectivity index (χ0) is 13.1. The van der Waals surface area contributed by atoms with Crippen molar-refractivity contribution < 1.29 is 9.53 Å². The zero-order valence-corrected chi connectivity index (χ0v) is 12.0. The number of carbonyl (C=O) groups excluding carboxylic acids is 1. The summed E-state index contributed by atoms with van der Waals surface area (Å²) in [5.74, 6) is 0.0200. The molecule has 18 heavy (non-hydrogen) atoms. The molecule has 1 amide bonds. The van der Waals surface area contributed by atoms with Gasteiger partial charge in [-0.15, -0.1) is 11.3 Å². The first-order chi connectivity index (χ1) is 8.60. The third kappa shape index (κ3) is 3.23. The van der Waals surface area contributed by atoms with Crippen LogP contribution in [0.3, 0.4) is 0 Å². The molecule has 1 aromatic heterocycles. The molecular formula is C12H17ClN2O2S. The summed E-state index contributed by atoms with van der Waals surface area (Å²) in [5.41, 5.74) is 0. The molecule has 2 rings (SSSR count). The molecule has 1 aliphatic rings. The number of halogens is 1. The van der Waals surface area contributed by atoms with Crippen LogP contribution in [0.15, 0.2) is 12.1 Å². The van der Waals surface area contributed by atoms with Crippen LogP contribution in [0.4, 0.5) is 0 Å². The summed E-state index contributed by atoms with van der Waals surface area (Å²) in [6, 6.07) is 3.61. The van der Waals surface area contributed by atoms with Crippen molar-refractivity contribution in [2.75, 3.05) is 13.7 Å². The Morgan fingerprint density at radius 1 is 1.67 bits per heavy atom. The lowest BCUT2D eigenvalue weighted by Gasteiger charge is -2.16. The lowest BCUT2D eigenvalue weighted by Crippen LogP contribution is -2.41. The van der Waals surface area contributed by atoms with Crippen molar-refractivity contribution in [3.8, 4) is 0 Å². The first kappa shape index (κ1) is 13.8. The van der Waals surface area contributed by atoms with Gasteiger partial charge in [-0.2, -0.15) is 0 Å². The minimum atomic E-state index is -0.159. The van der Waals surface area contributed by atoms with Crippen LogP contribution in [-0.4, -0.2) is 31.7 Å². The Labute approximate surface area is 116 Å². The largest absolute Gasteiger partial charge is 0.380 e. The molecule has 0 bridgehead atoms. The highest BCUT2D eigenvalue weighted by atomic mass is 35.5. The molecule has 6 heteroatoms. The van der Waals surface area contributed by atoms with Crippen LogP contribution >= 0.6 is 22.9 Å². The standard InChI is InChI=1S/C12H17ClN2O2S/c1-7(10-3-4-11(13)18-10)15-12(16)9-5-8(17-2)6-14-9/h3-4,7-9,14H,5-6H2,1-2H3,(H,15,16). The number of ether oxygens (including phenoxy) is 1. The van der Waals surface area contributed by atoms with E-state index in [1.807, 2.05) is 19.1 Å². The quantitative estimate of drug-likeness (QED) is 0.890. The van der Waals surface area contributed by atoms with Gasteiger partial charge in [0, 0.05) is 18.5 Å². The summed E-state index contributed by atoms with van der Waals surface area (Å²) in [7, 11) is 1.67. The van der Waals surface area contributed by atoms with Crippen LogP contribution in [0.2, 0.25) is 4.34 Å². The smallest absolute Gasteiger partial charge is 0.237 e. The number of nitrogens with one attached hydrogen (secondary N) is 2. The average molecular weight is 289 g/mol. The Balaban J connectivity index is 1.88. The average Bonchev–Trinajstić information content (AvgIpc) is 2.97. The van der Waals surface area contributed by atoms with Crippen LogP contribution in [0.25, 0.3) is 0 Å². The molecule has 100 valence electrons. The van der Waals surface area contributed by atoms with E-state index in [1.165, 1.54) is 11.3 Å². The van der Waals surface area contributed by atoms with Gasteiger partial charge < -0.3 is 15.4 Å². The minimum Gasteiger partial charge on any atom is -0.380 e. The third-order valence-electron chi connectivity index (χ3n) is 3.12. The fourth-order valence-electron chi connectivity index (χ4n) is 2.03. The molecule has 3 atom stereocenters. The molecule has 0 spiro atoms. The van der Waals surface area contributed by atoms with Gasteiger partial charge >= 0.3 is 0 Å². The Bertz CT molecular complexity index is 424. The van der Waals surface area contributed by atoms with E-state index in [2.05, 4.69) is 10.6 Å². The maximum absolute atomic E-state index is 12.0. The molecule has 1 fully saturated rings. The topological polar surface area (TPSA) is 50.4 Å². The van der Waals surface area contributed by atoms with Crippen molar-refractivity contribution in [3.63, 3.8) is 0 Å². The van der Waals surface area contributed by atoms with Crippen molar-refractivity contribution >= 4 is 28.8 Å². The van der Waals surface area contributed by atoms with E-state index in [-0.39, 0.29) is 24.1 Å². The second kappa shape index (κ2) is 6.02. The van der Waals surface area contributed by atoms with E-state index in [0.29, 0.717) is 0 Å². The van der Waals surface area contributed by atoms with E-state index >= 15 is 0 Å². The van der Waals surface area contributed by atoms with E-state index in [4.69, 9.17) is 16.3 Å². The van der Waals surface area contributed by atoms with E-state index in [0.717, 1.165) is 22.2 Å². The molecule has 0 aromatic carbocycles. The number of carbonyl (C=O) groups is 1. The van der Waals surface area contributed by atoms with Gasteiger partial charge in [-0.25, -0.2) is 0 Å². The molecule has 1 aliphatic heterocycles. The number of amides is 1. The number of hydrogen-bond donors (Lipinski definition) is 2. The van der Waals surface area contributed by atoms with Crippen LogP contribution in [0.1, 0.15) is 24.3 Å². The van der Waals surface area contributed by atoms with Gasteiger partial charge in [0.1, 0.15) is 0 Å². The molecular weight excluding hydrogens is 272 g/mol. The highest BCUT2D eigenvalue weighted by molar-refractivity contribution is 7.16. The summed E-state index contributed by atoms with van der Waals surface area (Å²) in [5, 5.41) is 6.15. The van der Waals surface area contributed by atoms with E-state index in [9.17, 15) is 4.79 Å². The third-order valence-corrected chi connectivity index (χ3v) is 4.53. The lowest BCUT2D eigenvalue weighted by atomic mass is 10.1. The van der Waals surface area contributed by atoms with Crippen molar-refractivity contribution in [3.05, 3.63) is 21.3 Å². The fraction of sp³-hybridized carbons (Fsp3) is 0.583. The second-order valence-corrected chi connectivity index (χ2v) is 6.17. The van der Waals surface area contributed by atoms with Gasteiger partial charge in [-0.05, 0) is 25.5 Å².